The van der Waals surface area contributed by atoms with Gasteiger partial charge in [0, 0.05) is 5.41 Å². The molecule has 0 heterocycles. The van der Waals surface area contributed by atoms with E-state index in [9.17, 15) is 0 Å². The highest BCUT2D eigenvalue weighted by Gasteiger charge is 2.34. The fourth-order valence-corrected chi connectivity index (χ4v) is 7.33. The largest absolute Gasteiger partial charge is 0.0988 e. The highest BCUT2D eigenvalue weighted by atomic mass is 14.4. The van der Waals surface area contributed by atoms with Crippen LogP contribution >= 0.6 is 0 Å². The molecule has 0 N–H and O–H groups in total. The van der Waals surface area contributed by atoms with Gasteiger partial charge in [0.1, 0.15) is 0 Å². The van der Waals surface area contributed by atoms with Gasteiger partial charge in [-0.3, -0.25) is 0 Å². The summed E-state index contributed by atoms with van der Waals surface area (Å²) in [5.41, 5.74) is 20.3. The molecular formula is C54H62. The summed E-state index contributed by atoms with van der Waals surface area (Å²) in [4.78, 5) is 0. The van der Waals surface area contributed by atoms with Crippen molar-refractivity contribution < 1.29 is 0 Å². The van der Waals surface area contributed by atoms with Crippen LogP contribution in [0.15, 0.2) is 158 Å². The summed E-state index contributed by atoms with van der Waals surface area (Å²) in [6.45, 7) is 26.9. The maximum atomic E-state index is 3.74. The molecule has 7 rings (SSSR count). The van der Waals surface area contributed by atoms with Crippen molar-refractivity contribution in [1.82, 2.24) is 0 Å². The Kier molecular flexibility index (Phi) is 15.2. The van der Waals surface area contributed by atoms with Crippen LogP contribution in [-0.4, -0.2) is 0 Å². The molecule has 6 aromatic carbocycles. The van der Waals surface area contributed by atoms with E-state index in [0.717, 1.165) is 24.8 Å². The van der Waals surface area contributed by atoms with E-state index in [0.29, 0.717) is 0 Å². The Morgan fingerprint density at radius 3 is 1.65 bits per heavy atom. The van der Waals surface area contributed by atoms with Crippen LogP contribution in [0, 0.1) is 20.8 Å². The molecule has 0 unspecified atom stereocenters. The zero-order chi connectivity index (χ0) is 39.3. The van der Waals surface area contributed by atoms with Gasteiger partial charge >= 0.3 is 0 Å². The monoisotopic (exact) mass is 710 g/mol. The molecule has 0 spiro atoms. The van der Waals surface area contributed by atoms with Crippen LogP contribution in [0.5, 0.6) is 0 Å². The second-order valence-corrected chi connectivity index (χ2v) is 14.7. The van der Waals surface area contributed by atoms with Crippen LogP contribution in [0.25, 0.3) is 44.5 Å². The minimum atomic E-state index is 0.151. The highest BCUT2D eigenvalue weighted by Crippen LogP contribution is 2.48. The van der Waals surface area contributed by atoms with Gasteiger partial charge in [-0.2, -0.15) is 0 Å². The van der Waals surface area contributed by atoms with Crippen LogP contribution in [-0.2, 0) is 11.8 Å². The van der Waals surface area contributed by atoms with Crippen molar-refractivity contribution in [2.75, 3.05) is 0 Å². The summed E-state index contributed by atoms with van der Waals surface area (Å²) in [5, 5.41) is 0. The number of fused-ring (bicyclic) bond motifs is 3. The average Bonchev–Trinajstić information content (AvgIpc) is 3.42. The molecule has 0 saturated carbocycles. The molecule has 0 aliphatic heterocycles. The van der Waals surface area contributed by atoms with Crippen molar-refractivity contribution in [2.24, 2.45) is 0 Å². The van der Waals surface area contributed by atoms with Crippen molar-refractivity contribution in [3.63, 3.8) is 0 Å². The van der Waals surface area contributed by atoms with Crippen LogP contribution in [0.2, 0.25) is 0 Å². The van der Waals surface area contributed by atoms with Crippen molar-refractivity contribution in [3.8, 4) is 44.5 Å². The quantitative estimate of drug-likeness (QED) is 0.138. The third-order valence-corrected chi connectivity index (χ3v) is 10.3. The SMILES string of the molecule is C=CC(=C)CCC.CC.CCCc1c(-c2ccc(-c3ccc(C)cc3)cc2)cccc1-c1ccccc1C.Cc1ccc2c(c1)C(C)(C)c1ccccc1-2. The number of hydrogen-bond donors (Lipinski definition) is 0. The van der Waals surface area contributed by atoms with E-state index in [1.807, 2.05) is 19.9 Å². The van der Waals surface area contributed by atoms with Gasteiger partial charge in [-0.15, -0.1) is 0 Å². The maximum absolute atomic E-state index is 3.74. The maximum Gasteiger partial charge on any atom is 0.0158 e. The van der Waals surface area contributed by atoms with Gasteiger partial charge in [-0.25, -0.2) is 0 Å². The Balaban J connectivity index is 0.000000217. The molecule has 0 heteroatoms. The molecule has 1 aliphatic carbocycles. The van der Waals surface area contributed by atoms with E-state index in [1.165, 1.54) is 84.3 Å². The third-order valence-electron chi connectivity index (χ3n) is 10.3. The van der Waals surface area contributed by atoms with E-state index >= 15 is 0 Å². The molecule has 54 heavy (non-hydrogen) atoms. The summed E-state index contributed by atoms with van der Waals surface area (Å²) >= 11 is 0. The Morgan fingerprint density at radius 2 is 1.06 bits per heavy atom. The van der Waals surface area contributed by atoms with Crippen LogP contribution in [0.3, 0.4) is 0 Å². The molecule has 0 amide bonds. The van der Waals surface area contributed by atoms with Gasteiger partial charge < -0.3 is 0 Å². The Bertz CT molecular complexity index is 2120. The fourth-order valence-electron chi connectivity index (χ4n) is 7.33. The molecule has 0 bridgehead atoms. The van der Waals surface area contributed by atoms with E-state index in [1.54, 1.807) is 0 Å². The summed E-state index contributed by atoms with van der Waals surface area (Å²) in [7, 11) is 0. The highest BCUT2D eigenvalue weighted by molar-refractivity contribution is 5.82. The van der Waals surface area contributed by atoms with Gasteiger partial charge in [0.05, 0.1) is 0 Å². The molecule has 6 aromatic rings. The lowest BCUT2D eigenvalue weighted by Gasteiger charge is -2.21. The Morgan fingerprint density at radius 1 is 0.537 bits per heavy atom. The van der Waals surface area contributed by atoms with Crippen LogP contribution in [0.4, 0.5) is 0 Å². The smallest absolute Gasteiger partial charge is 0.0158 e. The van der Waals surface area contributed by atoms with E-state index in [2.05, 4.69) is 195 Å². The molecule has 0 atom stereocenters. The number of allylic oxidation sites excluding steroid dienone is 2. The number of benzene rings is 6. The van der Waals surface area contributed by atoms with Crippen molar-refractivity contribution in [1.29, 1.82) is 0 Å². The zero-order valence-electron chi connectivity index (χ0n) is 34.5. The predicted molar refractivity (Wildman–Crippen MR) is 241 cm³/mol. The second-order valence-electron chi connectivity index (χ2n) is 14.7. The summed E-state index contributed by atoms with van der Waals surface area (Å²) in [6.07, 6.45) is 6.29. The van der Waals surface area contributed by atoms with Crippen molar-refractivity contribution in [3.05, 3.63) is 192 Å². The van der Waals surface area contributed by atoms with Crippen LogP contribution in [0.1, 0.15) is 94.2 Å². The van der Waals surface area contributed by atoms with Gasteiger partial charge in [-0.05, 0) is 100 Å². The van der Waals surface area contributed by atoms with E-state index in [-0.39, 0.29) is 5.41 Å². The number of rotatable bonds is 8. The van der Waals surface area contributed by atoms with E-state index in [4.69, 9.17) is 0 Å². The Labute approximate surface area is 328 Å². The first kappa shape index (κ1) is 41.6. The minimum absolute atomic E-state index is 0.151. The molecule has 1 aliphatic rings. The van der Waals surface area contributed by atoms with Gasteiger partial charge in [0.2, 0.25) is 0 Å². The lowest BCUT2D eigenvalue weighted by atomic mass is 9.82. The average molecular weight is 711 g/mol. The predicted octanol–water partition coefficient (Wildman–Crippen LogP) is 16.1. The lowest BCUT2D eigenvalue weighted by molar-refractivity contribution is 0.660. The molecule has 0 saturated heterocycles. The van der Waals surface area contributed by atoms with Crippen molar-refractivity contribution in [2.45, 2.75) is 93.4 Å². The number of aryl methyl sites for hydroxylation is 3. The summed E-state index contributed by atoms with van der Waals surface area (Å²) in [6, 6.07) is 48.8. The minimum Gasteiger partial charge on any atom is -0.0988 e. The molecule has 0 fully saturated rings. The summed E-state index contributed by atoms with van der Waals surface area (Å²) in [5.74, 6) is 0. The first-order valence-electron chi connectivity index (χ1n) is 20.0. The lowest BCUT2D eigenvalue weighted by Crippen LogP contribution is -2.14. The van der Waals surface area contributed by atoms with Crippen molar-refractivity contribution >= 4 is 0 Å². The van der Waals surface area contributed by atoms with Gasteiger partial charge in [0.15, 0.2) is 0 Å². The van der Waals surface area contributed by atoms with Gasteiger partial charge in [-0.1, -0.05) is 224 Å². The normalized spacial score (nSPS) is 11.6. The molecule has 0 aromatic heterocycles. The standard InChI is InChI=1S/C29H28.C16H16.C7H12.C2H6/c1-4-8-28-27(11-7-12-29(28)26-10-6-5-9-22(26)3)25-19-17-24(18-20-25)23-15-13-21(2)14-16-23;1-11-8-9-13-12-6-4-5-7-14(12)16(2,3)15(13)10-11;1-4-6-7(3)5-2;1-2/h5-7,9-20H,4,8H2,1-3H3;4-10H,1-3H3;5H,2-4,6H2,1H3;1-2H3. The van der Waals surface area contributed by atoms with Gasteiger partial charge in [0.25, 0.3) is 0 Å². The molecule has 0 nitrogen and oxygen atoms in total. The molecular weight excluding hydrogens is 649 g/mol. The first-order chi connectivity index (χ1) is 26.1. The van der Waals surface area contributed by atoms with E-state index < -0.39 is 0 Å². The fraction of sp³-hybridized carbons (Fsp3) is 0.259. The number of hydrogen-bond acceptors (Lipinski definition) is 0. The topological polar surface area (TPSA) is 0 Å². The third kappa shape index (κ3) is 9.86. The zero-order valence-corrected chi connectivity index (χ0v) is 34.5. The molecule has 278 valence electrons. The first-order valence-corrected chi connectivity index (χ1v) is 20.0. The Hall–Kier alpha value is -5.20. The second kappa shape index (κ2) is 19.8. The molecule has 0 radical (unpaired) electrons. The van der Waals surface area contributed by atoms with Crippen LogP contribution < -0.4 is 0 Å². The summed E-state index contributed by atoms with van der Waals surface area (Å²) < 4.78 is 0.